The molecule has 0 aliphatic rings. The molecular weight excluding hydrogens is 391 g/mol. The number of Topliss-reactive ketones (excluding diaryl/α,β-unsaturated/α-hetero) is 1. The Labute approximate surface area is 162 Å². The Balaban J connectivity index is 2.23. The van der Waals surface area contributed by atoms with E-state index in [0.29, 0.717) is 11.8 Å². The lowest BCUT2D eigenvalue weighted by Gasteiger charge is -2.12. The Kier molecular flexibility index (Phi) is 6.88. The number of halogens is 1. The van der Waals surface area contributed by atoms with Gasteiger partial charge in [-0.1, -0.05) is 11.8 Å². The first-order valence-electron chi connectivity index (χ1n) is 8.03. The van der Waals surface area contributed by atoms with Crippen LogP contribution in [-0.4, -0.2) is 39.5 Å². The van der Waals surface area contributed by atoms with Crippen molar-refractivity contribution in [2.45, 2.75) is 24.3 Å². The number of amides is 1. The lowest BCUT2D eigenvalue weighted by atomic mass is 10.2. The van der Waals surface area contributed by atoms with Crippen LogP contribution in [0.15, 0.2) is 34.2 Å². The number of nitrogens with zero attached hydrogens (tertiary/aromatic N) is 1. The van der Waals surface area contributed by atoms with E-state index in [2.05, 4.69) is 15.3 Å². The number of rotatable bonds is 7. The van der Waals surface area contributed by atoms with Crippen LogP contribution in [0.3, 0.4) is 0 Å². The molecule has 0 saturated heterocycles. The maximum absolute atomic E-state index is 12.9. The smallest absolute Gasteiger partial charge is 0.327 e. The second-order valence-electron chi connectivity index (χ2n) is 5.45. The van der Waals surface area contributed by atoms with E-state index in [9.17, 15) is 23.6 Å². The minimum Gasteiger partial charge on any atom is -0.465 e. The van der Waals surface area contributed by atoms with Crippen molar-refractivity contribution in [2.24, 2.45) is 0 Å². The van der Waals surface area contributed by atoms with Crippen LogP contribution in [0.25, 0.3) is 0 Å². The summed E-state index contributed by atoms with van der Waals surface area (Å²) in [6.45, 7) is 2.88. The van der Waals surface area contributed by atoms with Crippen LogP contribution < -0.4 is 16.6 Å². The number of hydrogen-bond acceptors (Lipinski definition) is 8. The number of thioether (sulfide) groups is 1. The van der Waals surface area contributed by atoms with Crippen molar-refractivity contribution in [1.82, 2.24) is 9.97 Å². The zero-order valence-corrected chi connectivity index (χ0v) is 15.8. The van der Waals surface area contributed by atoms with Gasteiger partial charge >= 0.3 is 5.97 Å². The maximum atomic E-state index is 12.9. The van der Waals surface area contributed by atoms with Crippen LogP contribution in [0, 0.1) is 5.82 Å². The second-order valence-corrected chi connectivity index (χ2v) is 6.55. The molecule has 1 heterocycles. The van der Waals surface area contributed by atoms with Gasteiger partial charge in [0.15, 0.2) is 22.0 Å². The average molecular weight is 408 g/mol. The van der Waals surface area contributed by atoms with Crippen molar-refractivity contribution in [1.29, 1.82) is 0 Å². The number of benzene rings is 1. The number of aromatic nitrogens is 2. The fraction of sp³-hybridized carbons (Fsp3) is 0.235. The highest BCUT2D eigenvalue weighted by Gasteiger charge is 2.27. The van der Waals surface area contributed by atoms with Gasteiger partial charge in [-0.3, -0.25) is 24.2 Å². The Morgan fingerprint density at radius 3 is 2.50 bits per heavy atom. The quantitative estimate of drug-likeness (QED) is 0.270. The summed E-state index contributed by atoms with van der Waals surface area (Å²) in [5, 5.41) is 0.992. The average Bonchev–Trinajstić information content (AvgIpc) is 2.63. The predicted molar refractivity (Wildman–Crippen MR) is 101 cm³/mol. The van der Waals surface area contributed by atoms with Crippen LogP contribution in [0.1, 0.15) is 24.2 Å². The third kappa shape index (κ3) is 5.16. The number of nitrogens with two attached hydrogens (primary N) is 1. The molecule has 0 fully saturated rings. The fourth-order valence-corrected chi connectivity index (χ4v) is 2.92. The third-order valence-electron chi connectivity index (χ3n) is 3.37. The molecule has 0 unspecified atom stereocenters. The van der Waals surface area contributed by atoms with Crippen LogP contribution in [-0.2, 0) is 14.3 Å². The molecule has 0 radical (unpaired) electrons. The molecule has 0 saturated carbocycles. The van der Waals surface area contributed by atoms with Gasteiger partial charge in [0.25, 0.3) is 11.5 Å². The number of nitrogens with one attached hydrogen (secondary N) is 2. The minimum absolute atomic E-state index is 0.0869. The van der Waals surface area contributed by atoms with Crippen molar-refractivity contribution >= 4 is 40.9 Å². The number of ketones is 1. The van der Waals surface area contributed by atoms with Gasteiger partial charge in [-0.15, -0.1) is 0 Å². The molecule has 0 bridgehead atoms. The lowest BCUT2D eigenvalue weighted by molar-refractivity contribution is -0.144. The molecular formula is C17H17FN4O5S. The highest BCUT2D eigenvalue weighted by Crippen LogP contribution is 2.23. The van der Waals surface area contributed by atoms with Gasteiger partial charge in [-0.25, -0.2) is 9.37 Å². The minimum atomic E-state index is -1.22. The summed E-state index contributed by atoms with van der Waals surface area (Å²) < 4.78 is 17.8. The van der Waals surface area contributed by atoms with Gasteiger partial charge < -0.3 is 15.8 Å². The Bertz CT molecular complexity index is 961. The van der Waals surface area contributed by atoms with E-state index in [0.717, 1.165) is 12.1 Å². The molecule has 2 aromatic rings. The van der Waals surface area contributed by atoms with Gasteiger partial charge in [-0.05, 0) is 38.1 Å². The molecule has 1 aromatic heterocycles. The van der Waals surface area contributed by atoms with E-state index in [1.807, 2.05) is 0 Å². The largest absolute Gasteiger partial charge is 0.465 e. The standard InChI is InChI=1S/C17H17FN4O5S/c1-3-27-16(26)12(8(2)23)28-17-21-13(19)11(15(25)22-17)20-14(24)9-4-6-10(18)7-5-9/h4-7,12H,3H2,1-2H3,(H,20,24)(H3,19,21,22,25)/t12-/m1/s1. The van der Waals surface area contributed by atoms with Gasteiger partial charge in [0.2, 0.25) is 0 Å². The molecule has 9 nitrogen and oxygen atoms in total. The Morgan fingerprint density at radius 1 is 1.32 bits per heavy atom. The highest BCUT2D eigenvalue weighted by atomic mass is 32.2. The molecule has 1 amide bonds. The molecule has 4 N–H and O–H groups in total. The maximum Gasteiger partial charge on any atom is 0.327 e. The number of ether oxygens (including phenoxy) is 1. The van der Waals surface area contributed by atoms with Crippen LogP contribution in [0.5, 0.6) is 0 Å². The molecule has 28 heavy (non-hydrogen) atoms. The fourth-order valence-electron chi connectivity index (χ4n) is 2.06. The number of H-pyrrole nitrogens is 1. The van der Waals surface area contributed by atoms with Gasteiger partial charge in [0.1, 0.15) is 11.5 Å². The number of aromatic amines is 1. The van der Waals surface area contributed by atoms with E-state index < -0.39 is 34.3 Å². The summed E-state index contributed by atoms with van der Waals surface area (Å²) in [4.78, 5) is 54.2. The Morgan fingerprint density at radius 2 is 1.96 bits per heavy atom. The summed E-state index contributed by atoms with van der Waals surface area (Å²) >= 11 is 0.674. The van der Waals surface area contributed by atoms with E-state index in [1.165, 1.54) is 19.1 Å². The van der Waals surface area contributed by atoms with Crippen LogP contribution >= 0.6 is 11.8 Å². The van der Waals surface area contributed by atoms with Crippen molar-refractivity contribution in [3.8, 4) is 0 Å². The van der Waals surface area contributed by atoms with Crippen LogP contribution in [0.4, 0.5) is 15.9 Å². The second kappa shape index (κ2) is 9.13. The first-order chi connectivity index (χ1) is 13.2. The van der Waals surface area contributed by atoms with Crippen LogP contribution in [0.2, 0.25) is 0 Å². The molecule has 148 valence electrons. The normalized spacial score (nSPS) is 11.5. The van der Waals surface area contributed by atoms with Crippen molar-refractivity contribution < 1.29 is 23.5 Å². The summed E-state index contributed by atoms with van der Waals surface area (Å²) in [6, 6.07) is 4.67. The lowest BCUT2D eigenvalue weighted by Crippen LogP contribution is -2.28. The van der Waals surface area contributed by atoms with Crippen molar-refractivity contribution in [3.63, 3.8) is 0 Å². The molecule has 2 rings (SSSR count). The summed E-state index contributed by atoms with van der Waals surface area (Å²) in [7, 11) is 0. The van der Waals surface area contributed by atoms with Gasteiger partial charge in [-0.2, -0.15) is 0 Å². The zero-order valence-electron chi connectivity index (χ0n) is 14.9. The zero-order chi connectivity index (χ0) is 20.8. The SMILES string of the molecule is CCOC(=O)[C@H](Sc1nc(N)c(NC(=O)c2ccc(F)cc2)c(=O)[nH]1)C(C)=O. The first kappa shape index (κ1) is 21.1. The molecule has 0 aliphatic heterocycles. The van der Waals surface area contributed by atoms with Crippen molar-refractivity contribution in [3.05, 3.63) is 46.0 Å². The molecule has 0 spiro atoms. The number of carbonyl (C=O) groups is 3. The number of esters is 1. The van der Waals surface area contributed by atoms with E-state index >= 15 is 0 Å². The van der Waals surface area contributed by atoms with E-state index in [4.69, 9.17) is 10.5 Å². The Hall–Kier alpha value is -3.21. The summed E-state index contributed by atoms with van der Waals surface area (Å²) in [5.41, 5.74) is 4.76. The summed E-state index contributed by atoms with van der Waals surface area (Å²) in [6.07, 6.45) is 0. The van der Waals surface area contributed by atoms with Gasteiger partial charge in [0, 0.05) is 5.56 Å². The molecule has 11 heteroatoms. The third-order valence-corrected chi connectivity index (χ3v) is 4.55. The van der Waals surface area contributed by atoms with Crippen molar-refractivity contribution in [2.75, 3.05) is 17.7 Å². The summed E-state index contributed by atoms with van der Waals surface area (Å²) in [5.74, 6) is -2.77. The predicted octanol–water partition coefficient (Wildman–Crippen LogP) is 1.36. The monoisotopic (exact) mass is 408 g/mol. The van der Waals surface area contributed by atoms with Gasteiger partial charge in [0.05, 0.1) is 6.61 Å². The first-order valence-corrected chi connectivity index (χ1v) is 8.91. The number of carbonyl (C=O) groups excluding carboxylic acids is 3. The number of hydrogen-bond donors (Lipinski definition) is 3. The topological polar surface area (TPSA) is 144 Å². The molecule has 0 aliphatic carbocycles. The number of nitrogen functional groups attached to an aromatic ring is 1. The molecule has 1 aromatic carbocycles. The highest BCUT2D eigenvalue weighted by molar-refractivity contribution is 8.01. The number of anilines is 2. The van der Waals surface area contributed by atoms with E-state index in [-0.39, 0.29) is 28.8 Å². The van der Waals surface area contributed by atoms with E-state index in [1.54, 1.807) is 6.92 Å². The molecule has 1 atom stereocenters.